The van der Waals surface area contributed by atoms with E-state index < -0.39 is 0 Å². The molecule has 8 heteroatoms. The van der Waals surface area contributed by atoms with Crippen LogP contribution in [-0.4, -0.2) is 59.1 Å². The van der Waals surface area contributed by atoms with Crippen molar-refractivity contribution in [3.05, 3.63) is 22.8 Å². The van der Waals surface area contributed by atoms with Gasteiger partial charge in [0.05, 0.1) is 11.0 Å². The standard InChI is InChI=1S/C13H15BrN4O3/c14-10-2-1-4-15-11(10)21-9-3-6-17(8-9)13(20)18-7-5-16-12(18)19/h1-2,4,9H,3,5-8H2,(H,16,19). The van der Waals surface area contributed by atoms with Crippen molar-refractivity contribution in [2.45, 2.75) is 12.5 Å². The smallest absolute Gasteiger partial charge is 0.328 e. The first-order valence-corrected chi connectivity index (χ1v) is 7.56. The van der Waals surface area contributed by atoms with E-state index in [1.807, 2.05) is 12.1 Å². The Hall–Kier alpha value is -1.83. The average Bonchev–Trinajstić information content (AvgIpc) is 3.10. The lowest BCUT2D eigenvalue weighted by Crippen LogP contribution is -2.44. The SMILES string of the molecule is O=C1NCCN1C(=O)N1CCC(Oc2ncccc2Br)C1. The molecule has 1 unspecified atom stereocenters. The van der Waals surface area contributed by atoms with Crippen LogP contribution >= 0.6 is 15.9 Å². The molecule has 0 saturated carbocycles. The summed E-state index contributed by atoms with van der Waals surface area (Å²) in [5, 5.41) is 2.62. The van der Waals surface area contributed by atoms with Gasteiger partial charge in [0.15, 0.2) is 0 Å². The maximum atomic E-state index is 12.2. The summed E-state index contributed by atoms with van der Waals surface area (Å²) >= 11 is 3.38. The number of hydrogen-bond donors (Lipinski definition) is 1. The normalized spacial score (nSPS) is 21.6. The van der Waals surface area contributed by atoms with Crippen molar-refractivity contribution in [1.82, 2.24) is 20.1 Å². The molecule has 3 heterocycles. The minimum absolute atomic E-state index is 0.106. The molecule has 1 aromatic rings. The third-order valence-electron chi connectivity index (χ3n) is 3.51. The summed E-state index contributed by atoms with van der Waals surface area (Å²) in [6, 6.07) is 3.09. The van der Waals surface area contributed by atoms with Crippen LogP contribution in [0.3, 0.4) is 0 Å². The average molecular weight is 355 g/mol. The van der Waals surface area contributed by atoms with Crippen LogP contribution in [0.5, 0.6) is 5.88 Å². The van der Waals surface area contributed by atoms with E-state index in [0.29, 0.717) is 32.1 Å². The Morgan fingerprint density at radius 2 is 2.33 bits per heavy atom. The fourth-order valence-electron chi connectivity index (χ4n) is 2.44. The highest BCUT2D eigenvalue weighted by molar-refractivity contribution is 9.10. The van der Waals surface area contributed by atoms with Gasteiger partial charge in [-0.25, -0.2) is 19.5 Å². The number of carbonyl (C=O) groups excluding carboxylic acids is 2. The van der Waals surface area contributed by atoms with E-state index in [-0.39, 0.29) is 18.2 Å². The van der Waals surface area contributed by atoms with E-state index in [0.717, 1.165) is 10.9 Å². The number of pyridine rings is 1. The Morgan fingerprint density at radius 1 is 1.48 bits per heavy atom. The van der Waals surface area contributed by atoms with Gasteiger partial charge in [-0.3, -0.25) is 0 Å². The molecule has 1 atom stereocenters. The lowest BCUT2D eigenvalue weighted by molar-refractivity contribution is 0.160. The highest BCUT2D eigenvalue weighted by Gasteiger charge is 2.35. The minimum atomic E-state index is -0.322. The second kappa shape index (κ2) is 5.88. The quantitative estimate of drug-likeness (QED) is 0.871. The van der Waals surface area contributed by atoms with Gasteiger partial charge in [-0.2, -0.15) is 0 Å². The molecular weight excluding hydrogens is 340 g/mol. The number of urea groups is 2. The molecular formula is C13H15BrN4O3. The second-order valence-corrected chi connectivity index (χ2v) is 5.79. The van der Waals surface area contributed by atoms with Gasteiger partial charge in [0.1, 0.15) is 6.10 Å². The molecule has 7 nitrogen and oxygen atoms in total. The number of imide groups is 1. The van der Waals surface area contributed by atoms with Crippen LogP contribution in [0.15, 0.2) is 22.8 Å². The minimum Gasteiger partial charge on any atom is -0.472 e. The van der Waals surface area contributed by atoms with Crippen LogP contribution in [0.4, 0.5) is 9.59 Å². The Kier molecular flexibility index (Phi) is 3.96. The van der Waals surface area contributed by atoms with Gasteiger partial charge in [-0.1, -0.05) is 0 Å². The molecule has 21 heavy (non-hydrogen) atoms. The van der Waals surface area contributed by atoms with Crippen molar-refractivity contribution in [2.75, 3.05) is 26.2 Å². The number of rotatable bonds is 2. The molecule has 2 aliphatic rings. The van der Waals surface area contributed by atoms with Gasteiger partial charge in [0, 0.05) is 32.3 Å². The van der Waals surface area contributed by atoms with Gasteiger partial charge in [-0.15, -0.1) is 0 Å². The number of nitrogens with one attached hydrogen (secondary N) is 1. The van der Waals surface area contributed by atoms with Crippen molar-refractivity contribution < 1.29 is 14.3 Å². The van der Waals surface area contributed by atoms with Crippen molar-refractivity contribution >= 4 is 28.0 Å². The molecule has 0 bridgehead atoms. The number of carbonyl (C=O) groups is 2. The molecule has 1 N–H and O–H groups in total. The maximum absolute atomic E-state index is 12.2. The van der Waals surface area contributed by atoms with E-state index in [2.05, 4.69) is 26.2 Å². The predicted molar refractivity (Wildman–Crippen MR) is 78.0 cm³/mol. The molecule has 0 radical (unpaired) electrons. The van der Waals surface area contributed by atoms with Gasteiger partial charge in [0.2, 0.25) is 5.88 Å². The first-order valence-electron chi connectivity index (χ1n) is 6.76. The van der Waals surface area contributed by atoms with E-state index in [1.54, 1.807) is 11.1 Å². The first-order chi connectivity index (χ1) is 10.1. The number of likely N-dealkylation sites (tertiary alicyclic amines) is 1. The summed E-state index contributed by atoms with van der Waals surface area (Å²) in [5.74, 6) is 0.524. The van der Waals surface area contributed by atoms with Gasteiger partial charge in [-0.05, 0) is 28.1 Å². The third kappa shape index (κ3) is 2.94. The summed E-state index contributed by atoms with van der Waals surface area (Å²) in [6.45, 7) is 1.98. The zero-order chi connectivity index (χ0) is 14.8. The monoisotopic (exact) mass is 354 g/mol. The summed E-state index contributed by atoms with van der Waals surface area (Å²) in [6.07, 6.45) is 2.28. The summed E-state index contributed by atoms with van der Waals surface area (Å²) in [4.78, 5) is 30.8. The molecule has 0 spiro atoms. The summed E-state index contributed by atoms with van der Waals surface area (Å²) < 4.78 is 6.59. The van der Waals surface area contributed by atoms with Gasteiger partial charge < -0.3 is 15.0 Å². The molecule has 4 amide bonds. The number of amides is 4. The largest absolute Gasteiger partial charge is 0.472 e. The Morgan fingerprint density at radius 3 is 3.05 bits per heavy atom. The molecule has 0 aromatic carbocycles. The number of ether oxygens (including phenoxy) is 1. The Balaban J connectivity index is 1.59. The molecule has 0 aliphatic carbocycles. The van der Waals surface area contributed by atoms with Crippen LogP contribution in [-0.2, 0) is 0 Å². The van der Waals surface area contributed by atoms with E-state index in [4.69, 9.17) is 4.74 Å². The number of halogens is 1. The highest BCUT2D eigenvalue weighted by atomic mass is 79.9. The van der Waals surface area contributed by atoms with E-state index in [1.165, 1.54) is 4.90 Å². The van der Waals surface area contributed by atoms with Gasteiger partial charge >= 0.3 is 12.1 Å². The van der Waals surface area contributed by atoms with E-state index in [9.17, 15) is 9.59 Å². The van der Waals surface area contributed by atoms with E-state index >= 15 is 0 Å². The number of hydrogen-bond acceptors (Lipinski definition) is 4. The first kappa shape index (κ1) is 14.1. The predicted octanol–water partition coefficient (Wildman–Crippen LogP) is 1.44. The maximum Gasteiger partial charge on any atom is 0.328 e. The van der Waals surface area contributed by atoms with Crippen LogP contribution in [0, 0.1) is 0 Å². The van der Waals surface area contributed by atoms with Crippen LogP contribution in [0.2, 0.25) is 0 Å². The fourth-order valence-corrected chi connectivity index (χ4v) is 2.79. The van der Waals surface area contributed by atoms with Crippen molar-refractivity contribution in [1.29, 1.82) is 0 Å². The Labute approximate surface area is 130 Å². The number of nitrogens with zero attached hydrogens (tertiary/aromatic N) is 3. The molecule has 2 saturated heterocycles. The Bertz CT molecular complexity index is 568. The molecule has 3 rings (SSSR count). The van der Waals surface area contributed by atoms with Crippen LogP contribution < -0.4 is 10.1 Å². The summed E-state index contributed by atoms with van der Waals surface area (Å²) in [7, 11) is 0. The highest BCUT2D eigenvalue weighted by Crippen LogP contribution is 2.24. The number of aromatic nitrogens is 1. The lowest BCUT2D eigenvalue weighted by atomic mass is 10.3. The zero-order valence-corrected chi connectivity index (χ0v) is 12.9. The molecule has 2 fully saturated rings. The van der Waals surface area contributed by atoms with Crippen molar-refractivity contribution in [2.24, 2.45) is 0 Å². The molecule has 1 aromatic heterocycles. The summed E-state index contributed by atoms with van der Waals surface area (Å²) in [5.41, 5.74) is 0. The fraction of sp³-hybridized carbons (Fsp3) is 0.462. The zero-order valence-electron chi connectivity index (χ0n) is 11.3. The van der Waals surface area contributed by atoms with Crippen molar-refractivity contribution in [3.8, 4) is 5.88 Å². The van der Waals surface area contributed by atoms with Gasteiger partial charge in [0.25, 0.3) is 0 Å². The van der Waals surface area contributed by atoms with Crippen molar-refractivity contribution in [3.63, 3.8) is 0 Å². The molecule has 112 valence electrons. The lowest BCUT2D eigenvalue weighted by Gasteiger charge is -2.21. The second-order valence-electron chi connectivity index (χ2n) is 4.93. The molecule has 2 aliphatic heterocycles. The van der Waals surface area contributed by atoms with Crippen LogP contribution in [0.1, 0.15) is 6.42 Å². The topological polar surface area (TPSA) is 74.8 Å². The van der Waals surface area contributed by atoms with Crippen LogP contribution in [0.25, 0.3) is 0 Å². The third-order valence-corrected chi connectivity index (χ3v) is 4.11.